The fourth-order valence-corrected chi connectivity index (χ4v) is 3.27. The van der Waals surface area contributed by atoms with Crippen LogP contribution in [0.15, 0.2) is 60.7 Å². The van der Waals surface area contributed by atoms with Gasteiger partial charge >= 0.3 is 5.97 Å². The van der Waals surface area contributed by atoms with Crippen molar-refractivity contribution in [1.29, 1.82) is 0 Å². The molecular formula is C23H27NO4. The molecule has 0 aliphatic carbocycles. The number of hydrogen-bond donors (Lipinski definition) is 1. The smallest absolute Gasteiger partial charge is 0.319 e. The van der Waals surface area contributed by atoms with E-state index < -0.39 is 23.3 Å². The van der Waals surface area contributed by atoms with Gasteiger partial charge in [0, 0.05) is 18.2 Å². The number of hydrogen-bond acceptors (Lipinski definition) is 5. The quantitative estimate of drug-likeness (QED) is 0.795. The zero-order chi connectivity index (χ0) is 20.4. The molecule has 0 amide bonds. The van der Waals surface area contributed by atoms with E-state index in [1.54, 1.807) is 6.92 Å². The summed E-state index contributed by atoms with van der Waals surface area (Å²) in [5, 5.41) is 0. The van der Waals surface area contributed by atoms with Gasteiger partial charge in [0.1, 0.15) is 11.5 Å². The Kier molecular flexibility index (Phi) is 5.59. The van der Waals surface area contributed by atoms with Gasteiger partial charge in [-0.05, 0) is 33.3 Å². The highest BCUT2D eigenvalue weighted by atomic mass is 16.8. The van der Waals surface area contributed by atoms with Crippen LogP contribution in [-0.4, -0.2) is 24.5 Å². The van der Waals surface area contributed by atoms with E-state index in [-0.39, 0.29) is 0 Å². The first-order valence-corrected chi connectivity index (χ1v) is 9.32. The lowest BCUT2D eigenvalue weighted by Gasteiger charge is -2.41. The fraction of sp³-hybridized carbons (Fsp3) is 0.348. The molecule has 1 N–H and O–H groups in total. The number of benzene rings is 2. The third-order valence-electron chi connectivity index (χ3n) is 4.63. The SMILES string of the molecule is COC1(C)ONC(c2ccccc2)=C(c2ccccc2)C1C(=O)OC(C)(C)C. The zero-order valence-corrected chi connectivity index (χ0v) is 17.0. The Labute approximate surface area is 166 Å². The first-order chi connectivity index (χ1) is 13.2. The Morgan fingerprint density at radius 2 is 1.54 bits per heavy atom. The van der Waals surface area contributed by atoms with Crippen molar-refractivity contribution < 1.29 is 19.1 Å². The summed E-state index contributed by atoms with van der Waals surface area (Å²) in [6.45, 7) is 7.28. The molecule has 0 spiro atoms. The van der Waals surface area contributed by atoms with Crippen LogP contribution in [0, 0.1) is 5.92 Å². The Bertz CT molecular complexity index is 855. The lowest BCUT2D eigenvalue weighted by Crippen LogP contribution is -2.52. The minimum atomic E-state index is -1.23. The highest BCUT2D eigenvalue weighted by Crippen LogP contribution is 2.43. The van der Waals surface area contributed by atoms with Gasteiger partial charge in [-0.25, -0.2) is 4.84 Å². The number of nitrogens with one attached hydrogen (secondary N) is 1. The molecule has 0 bridgehead atoms. The van der Waals surface area contributed by atoms with E-state index in [0.29, 0.717) is 0 Å². The minimum absolute atomic E-state index is 0.398. The van der Waals surface area contributed by atoms with Crippen LogP contribution in [-0.2, 0) is 19.1 Å². The average Bonchev–Trinajstić information content (AvgIpc) is 2.67. The molecule has 5 heteroatoms. The molecule has 0 saturated heterocycles. The van der Waals surface area contributed by atoms with E-state index in [1.807, 2.05) is 81.4 Å². The summed E-state index contributed by atoms with van der Waals surface area (Å²) in [5.41, 5.74) is 5.69. The third-order valence-corrected chi connectivity index (χ3v) is 4.63. The van der Waals surface area contributed by atoms with Crippen molar-refractivity contribution in [2.75, 3.05) is 7.11 Å². The predicted octanol–water partition coefficient (Wildman–Crippen LogP) is 4.41. The Balaban J connectivity index is 2.23. The fourth-order valence-electron chi connectivity index (χ4n) is 3.27. The summed E-state index contributed by atoms with van der Waals surface area (Å²) < 4.78 is 11.4. The van der Waals surface area contributed by atoms with Crippen LogP contribution in [0.5, 0.6) is 0 Å². The van der Waals surface area contributed by atoms with Crippen molar-refractivity contribution >= 4 is 17.2 Å². The monoisotopic (exact) mass is 381 g/mol. The molecule has 1 aliphatic rings. The highest BCUT2D eigenvalue weighted by Gasteiger charge is 2.50. The number of rotatable bonds is 4. The molecule has 28 heavy (non-hydrogen) atoms. The van der Waals surface area contributed by atoms with Gasteiger partial charge in [0.25, 0.3) is 0 Å². The molecule has 2 aromatic carbocycles. The molecule has 1 heterocycles. The first kappa shape index (κ1) is 20.1. The summed E-state index contributed by atoms with van der Waals surface area (Å²) in [4.78, 5) is 19.2. The zero-order valence-electron chi connectivity index (χ0n) is 17.0. The van der Waals surface area contributed by atoms with Crippen molar-refractivity contribution in [2.45, 2.75) is 39.1 Å². The Hall–Kier alpha value is -2.63. The second-order valence-electron chi connectivity index (χ2n) is 7.91. The summed E-state index contributed by atoms with van der Waals surface area (Å²) in [5.74, 6) is -2.41. The van der Waals surface area contributed by atoms with Gasteiger partial charge < -0.3 is 9.47 Å². The van der Waals surface area contributed by atoms with Gasteiger partial charge in [0.15, 0.2) is 0 Å². The number of ether oxygens (including phenoxy) is 2. The lowest BCUT2D eigenvalue weighted by molar-refractivity contribution is -0.260. The van der Waals surface area contributed by atoms with Gasteiger partial charge in [-0.3, -0.25) is 10.3 Å². The van der Waals surface area contributed by atoms with E-state index in [2.05, 4.69) is 5.48 Å². The van der Waals surface area contributed by atoms with Crippen molar-refractivity contribution in [3.8, 4) is 0 Å². The molecule has 0 fully saturated rings. The Morgan fingerprint density at radius 3 is 2.04 bits per heavy atom. The second kappa shape index (κ2) is 7.78. The van der Waals surface area contributed by atoms with Crippen LogP contribution in [0.3, 0.4) is 0 Å². The molecule has 0 aromatic heterocycles. The maximum absolute atomic E-state index is 13.3. The lowest BCUT2D eigenvalue weighted by atomic mass is 9.82. The molecule has 0 radical (unpaired) electrons. The Morgan fingerprint density at radius 1 is 1.00 bits per heavy atom. The van der Waals surface area contributed by atoms with Crippen LogP contribution in [0.1, 0.15) is 38.8 Å². The second-order valence-corrected chi connectivity index (χ2v) is 7.91. The van der Waals surface area contributed by atoms with Gasteiger partial charge in [-0.15, -0.1) is 0 Å². The molecular weight excluding hydrogens is 354 g/mol. The average molecular weight is 381 g/mol. The summed E-state index contributed by atoms with van der Waals surface area (Å²) in [6.07, 6.45) is 0. The predicted molar refractivity (Wildman–Crippen MR) is 109 cm³/mol. The number of esters is 1. The summed E-state index contributed by atoms with van der Waals surface area (Å²) >= 11 is 0. The van der Waals surface area contributed by atoms with Crippen LogP contribution in [0.25, 0.3) is 11.3 Å². The number of carbonyl (C=O) groups excluding carboxylic acids is 1. The number of carbonyl (C=O) groups is 1. The van der Waals surface area contributed by atoms with Crippen LogP contribution < -0.4 is 5.48 Å². The van der Waals surface area contributed by atoms with Crippen LogP contribution >= 0.6 is 0 Å². The molecule has 1 aliphatic heterocycles. The van der Waals surface area contributed by atoms with Gasteiger partial charge in [-0.1, -0.05) is 60.7 Å². The summed E-state index contributed by atoms with van der Waals surface area (Å²) in [6, 6.07) is 19.5. The van der Waals surface area contributed by atoms with Gasteiger partial charge in [-0.2, -0.15) is 0 Å². The minimum Gasteiger partial charge on any atom is -0.459 e. The van der Waals surface area contributed by atoms with E-state index in [4.69, 9.17) is 14.3 Å². The van der Waals surface area contributed by atoms with Crippen molar-refractivity contribution in [2.24, 2.45) is 5.92 Å². The van der Waals surface area contributed by atoms with Crippen molar-refractivity contribution in [1.82, 2.24) is 5.48 Å². The van der Waals surface area contributed by atoms with E-state index in [0.717, 1.165) is 22.4 Å². The molecule has 2 atom stereocenters. The highest BCUT2D eigenvalue weighted by molar-refractivity contribution is 6.00. The van der Waals surface area contributed by atoms with Crippen molar-refractivity contribution in [3.63, 3.8) is 0 Å². The molecule has 0 saturated carbocycles. The number of methoxy groups -OCH3 is 1. The maximum atomic E-state index is 13.3. The standard InChI is InChI=1S/C23H27NO4/c1-22(2,3)27-21(25)19-18(16-12-8-6-9-13-16)20(17-14-10-7-11-15-17)24-28-23(19,4)26-5/h6-15,19,24H,1-5H3. The topological polar surface area (TPSA) is 56.8 Å². The maximum Gasteiger partial charge on any atom is 0.319 e. The number of hydroxylamine groups is 1. The normalized spacial score (nSPS) is 22.5. The third kappa shape index (κ3) is 4.11. The van der Waals surface area contributed by atoms with E-state index >= 15 is 0 Å². The van der Waals surface area contributed by atoms with Gasteiger partial charge in [0.05, 0.1) is 5.70 Å². The largest absolute Gasteiger partial charge is 0.459 e. The molecule has 2 unspecified atom stereocenters. The first-order valence-electron chi connectivity index (χ1n) is 9.32. The molecule has 3 rings (SSSR count). The van der Waals surface area contributed by atoms with Crippen LogP contribution in [0.2, 0.25) is 0 Å². The van der Waals surface area contributed by atoms with E-state index in [9.17, 15) is 4.79 Å². The van der Waals surface area contributed by atoms with Gasteiger partial charge in [0.2, 0.25) is 5.79 Å². The molecule has 2 aromatic rings. The van der Waals surface area contributed by atoms with E-state index in [1.165, 1.54) is 7.11 Å². The van der Waals surface area contributed by atoms with Crippen LogP contribution in [0.4, 0.5) is 0 Å². The molecule has 5 nitrogen and oxygen atoms in total. The summed E-state index contributed by atoms with van der Waals surface area (Å²) in [7, 11) is 1.52. The molecule has 148 valence electrons. The van der Waals surface area contributed by atoms with Crippen molar-refractivity contribution in [3.05, 3.63) is 71.8 Å².